The zero-order valence-electron chi connectivity index (χ0n) is 15.5. The maximum absolute atomic E-state index is 12.4. The predicted molar refractivity (Wildman–Crippen MR) is 102 cm³/mol. The Kier molecular flexibility index (Phi) is 5.44. The first-order chi connectivity index (χ1) is 13.5. The molecular weight excluding hydrogens is 362 g/mol. The lowest BCUT2D eigenvalue weighted by Gasteiger charge is -2.14. The monoisotopic (exact) mass is 381 g/mol. The summed E-state index contributed by atoms with van der Waals surface area (Å²) in [6.45, 7) is 1.91. The minimum atomic E-state index is -0.761. The second kappa shape index (κ2) is 7.96. The Morgan fingerprint density at radius 1 is 1.04 bits per heavy atom. The fraction of sp³-hybridized carbons (Fsp3) is 0.190. The van der Waals surface area contributed by atoms with Gasteiger partial charge in [0, 0.05) is 11.3 Å². The molecule has 1 amide bonds. The van der Waals surface area contributed by atoms with Gasteiger partial charge in [0.2, 0.25) is 0 Å². The van der Waals surface area contributed by atoms with Gasteiger partial charge in [0.15, 0.2) is 0 Å². The Morgan fingerprint density at radius 2 is 1.64 bits per heavy atom. The number of amides is 1. The average molecular weight is 381 g/mol. The molecule has 7 heteroatoms. The standard InChI is InChI=1S/C21H19NO6/c1-3-28-21(26)14-4-8-15(9-5-14)22-12-17(19(24)20(22)25)18(23)13-6-10-16(27-2)11-7-13/h4-11,23H,3,12H2,1-2H3/b18-17-. The Labute approximate surface area is 161 Å². The van der Waals surface area contributed by atoms with E-state index in [1.165, 1.54) is 24.1 Å². The van der Waals surface area contributed by atoms with Crippen molar-refractivity contribution in [1.29, 1.82) is 0 Å². The molecule has 2 aromatic rings. The van der Waals surface area contributed by atoms with Crippen LogP contribution in [-0.2, 0) is 14.3 Å². The number of benzene rings is 2. The van der Waals surface area contributed by atoms with Crippen LogP contribution in [0.5, 0.6) is 5.75 Å². The molecule has 0 spiro atoms. The summed E-state index contributed by atoms with van der Waals surface area (Å²) in [5, 5.41) is 10.5. The second-order valence-electron chi connectivity index (χ2n) is 6.04. The molecule has 0 atom stereocenters. The topological polar surface area (TPSA) is 93.1 Å². The van der Waals surface area contributed by atoms with Gasteiger partial charge in [-0.25, -0.2) is 4.79 Å². The zero-order chi connectivity index (χ0) is 20.3. The molecule has 1 heterocycles. The largest absolute Gasteiger partial charge is 0.507 e. The molecule has 0 aliphatic carbocycles. The lowest BCUT2D eigenvalue weighted by molar-refractivity contribution is -0.132. The molecule has 1 saturated heterocycles. The number of hydrogen-bond donors (Lipinski definition) is 1. The number of ketones is 1. The molecule has 1 fully saturated rings. The number of anilines is 1. The van der Waals surface area contributed by atoms with Crippen LogP contribution < -0.4 is 9.64 Å². The van der Waals surface area contributed by atoms with Crippen molar-refractivity contribution >= 4 is 29.1 Å². The summed E-state index contributed by atoms with van der Waals surface area (Å²) in [5.74, 6) is -1.59. The van der Waals surface area contributed by atoms with Crippen molar-refractivity contribution in [3.63, 3.8) is 0 Å². The predicted octanol–water partition coefficient (Wildman–Crippen LogP) is 2.76. The minimum absolute atomic E-state index is 0.0182. The number of methoxy groups -OCH3 is 1. The number of rotatable bonds is 5. The third kappa shape index (κ3) is 3.59. The first-order valence-corrected chi connectivity index (χ1v) is 8.66. The van der Waals surface area contributed by atoms with E-state index in [0.717, 1.165) is 0 Å². The molecule has 0 radical (unpaired) electrons. The van der Waals surface area contributed by atoms with Crippen molar-refractivity contribution in [1.82, 2.24) is 0 Å². The fourth-order valence-electron chi connectivity index (χ4n) is 2.86. The molecule has 0 aromatic heterocycles. The number of carbonyl (C=O) groups excluding carboxylic acids is 3. The number of Topliss-reactive ketones (excluding diaryl/α,β-unsaturated/α-hetero) is 1. The van der Waals surface area contributed by atoms with Crippen molar-refractivity contribution in [3.8, 4) is 5.75 Å². The number of aliphatic hydroxyl groups excluding tert-OH is 1. The zero-order valence-corrected chi connectivity index (χ0v) is 15.5. The summed E-state index contributed by atoms with van der Waals surface area (Å²) in [5.41, 5.74) is 1.23. The molecule has 1 aliphatic rings. The van der Waals surface area contributed by atoms with Crippen LogP contribution in [0.15, 0.2) is 54.1 Å². The minimum Gasteiger partial charge on any atom is -0.507 e. The van der Waals surface area contributed by atoms with E-state index in [1.54, 1.807) is 43.3 Å². The number of aliphatic hydroxyl groups is 1. The van der Waals surface area contributed by atoms with Crippen molar-refractivity contribution in [2.45, 2.75) is 6.92 Å². The van der Waals surface area contributed by atoms with Crippen LogP contribution in [0, 0.1) is 0 Å². The van der Waals surface area contributed by atoms with Crippen LogP contribution in [0.1, 0.15) is 22.8 Å². The molecule has 1 aliphatic heterocycles. The van der Waals surface area contributed by atoms with Crippen LogP contribution in [-0.4, -0.2) is 43.0 Å². The smallest absolute Gasteiger partial charge is 0.338 e. The highest BCUT2D eigenvalue weighted by molar-refractivity contribution is 6.51. The van der Waals surface area contributed by atoms with Gasteiger partial charge in [-0.05, 0) is 55.5 Å². The summed E-state index contributed by atoms with van der Waals surface area (Å²) >= 11 is 0. The van der Waals surface area contributed by atoms with Gasteiger partial charge in [0.1, 0.15) is 11.5 Å². The van der Waals surface area contributed by atoms with Crippen LogP contribution in [0.2, 0.25) is 0 Å². The van der Waals surface area contributed by atoms with Crippen molar-refractivity contribution in [2.75, 3.05) is 25.2 Å². The second-order valence-corrected chi connectivity index (χ2v) is 6.04. The highest BCUT2D eigenvalue weighted by Crippen LogP contribution is 2.28. The number of esters is 1. The molecular formula is C21H19NO6. The van der Waals surface area contributed by atoms with Gasteiger partial charge in [0.25, 0.3) is 11.7 Å². The molecule has 0 unspecified atom stereocenters. The van der Waals surface area contributed by atoms with Crippen LogP contribution >= 0.6 is 0 Å². The Hall–Kier alpha value is -3.61. The van der Waals surface area contributed by atoms with E-state index in [1.807, 2.05) is 0 Å². The van der Waals surface area contributed by atoms with Crippen LogP contribution in [0.3, 0.4) is 0 Å². The first kappa shape index (κ1) is 19.2. The van der Waals surface area contributed by atoms with E-state index in [9.17, 15) is 19.5 Å². The number of nitrogens with zero attached hydrogens (tertiary/aromatic N) is 1. The van der Waals surface area contributed by atoms with E-state index < -0.39 is 17.7 Å². The Bertz CT molecular complexity index is 944. The van der Waals surface area contributed by atoms with Gasteiger partial charge in [0.05, 0.1) is 31.4 Å². The summed E-state index contributed by atoms with van der Waals surface area (Å²) in [6, 6.07) is 12.7. The van der Waals surface area contributed by atoms with E-state index in [4.69, 9.17) is 9.47 Å². The molecule has 7 nitrogen and oxygen atoms in total. The van der Waals surface area contributed by atoms with E-state index in [2.05, 4.69) is 0 Å². The number of ether oxygens (including phenoxy) is 2. The fourth-order valence-corrected chi connectivity index (χ4v) is 2.86. The first-order valence-electron chi connectivity index (χ1n) is 8.66. The SMILES string of the molecule is CCOC(=O)c1ccc(N2C/C(=C(/O)c3ccc(OC)cc3)C(=O)C2=O)cc1. The highest BCUT2D eigenvalue weighted by Gasteiger charge is 2.37. The molecule has 1 N–H and O–H groups in total. The van der Waals surface area contributed by atoms with E-state index >= 15 is 0 Å². The molecule has 3 rings (SSSR count). The molecule has 0 bridgehead atoms. The molecule has 0 saturated carbocycles. The van der Waals surface area contributed by atoms with Gasteiger partial charge >= 0.3 is 5.97 Å². The van der Waals surface area contributed by atoms with Crippen LogP contribution in [0.25, 0.3) is 5.76 Å². The Balaban J connectivity index is 1.86. The highest BCUT2D eigenvalue weighted by atomic mass is 16.5. The third-order valence-corrected chi connectivity index (χ3v) is 4.37. The van der Waals surface area contributed by atoms with Gasteiger partial charge in [-0.1, -0.05) is 0 Å². The Morgan fingerprint density at radius 3 is 2.21 bits per heavy atom. The van der Waals surface area contributed by atoms with Crippen molar-refractivity contribution in [3.05, 3.63) is 65.2 Å². The maximum atomic E-state index is 12.4. The molecule has 2 aromatic carbocycles. The van der Waals surface area contributed by atoms with E-state index in [-0.39, 0.29) is 24.5 Å². The lowest BCUT2D eigenvalue weighted by Crippen LogP contribution is -2.26. The quantitative estimate of drug-likeness (QED) is 0.371. The number of carbonyl (C=O) groups is 3. The van der Waals surface area contributed by atoms with Crippen molar-refractivity contribution in [2.24, 2.45) is 0 Å². The normalized spacial score (nSPS) is 15.6. The van der Waals surface area contributed by atoms with Gasteiger partial charge in [-0.15, -0.1) is 0 Å². The number of hydrogen-bond acceptors (Lipinski definition) is 6. The summed E-state index contributed by atoms with van der Waals surface area (Å²) in [7, 11) is 1.53. The van der Waals surface area contributed by atoms with E-state index in [0.29, 0.717) is 22.6 Å². The van der Waals surface area contributed by atoms with Gasteiger partial charge in [-0.3, -0.25) is 9.59 Å². The van der Waals surface area contributed by atoms with Gasteiger partial charge < -0.3 is 19.5 Å². The summed E-state index contributed by atoms with van der Waals surface area (Å²) < 4.78 is 9.99. The van der Waals surface area contributed by atoms with Crippen molar-refractivity contribution < 1.29 is 29.0 Å². The maximum Gasteiger partial charge on any atom is 0.338 e. The average Bonchev–Trinajstić information content (AvgIpc) is 3.02. The summed E-state index contributed by atoms with van der Waals surface area (Å²) in [4.78, 5) is 37.8. The molecule has 144 valence electrons. The third-order valence-electron chi connectivity index (χ3n) is 4.37. The van der Waals surface area contributed by atoms with Crippen LogP contribution in [0.4, 0.5) is 5.69 Å². The lowest BCUT2D eigenvalue weighted by atomic mass is 10.1. The molecule has 28 heavy (non-hydrogen) atoms. The summed E-state index contributed by atoms with van der Waals surface area (Å²) in [6.07, 6.45) is 0. The van der Waals surface area contributed by atoms with Gasteiger partial charge in [-0.2, -0.15) is 0 Å².